The van der Waals surface area contributed by atoms with E-state index < -0.39 is 49.4 Å². The third-order valence-electron chi connectivity index (χ3n) is 5.47. The maximum atomic E-state index is 15.7. The van der Waals surface area contributed by atoms with Gasteiger partial charge in [0.25, 0.3) is 10.0 Å². The summed E-state index contributed by atoms with van der Waals surface area (Å²) in [6, 6.07) is 9.45. The molecule has 9 nitrogen and oxygen atoms in total. The van der Waals surface area contributed by atoms with Crippen molar-refractivity contribution in [3.8, 4) is 6.07 Å². The van der Waals surface area contributed by atoms with Crippen molar-refractivity contribution in [2.75, 3.05) is 16.6 Å². The molecule has 0 radical (unpaired) electrons. The molecule has 0 unspecified atom stereocenters. The molecule has 196 valence electrons. The van der Waals surface area contributed by atoms with E-state index in [1.807, 2.05) is 10.8 Å². The highest BCUT2D eigenvalue weighted by Gasteiger charge is 2.44. The zero-order valence-electron chi connectivity index (χ0n) is 20.0. The lowest BCUT2D eigenvalue weighted by atomic mass is 9.92. The van der Waals surface area contributed by atoms with Gasteiger partial charge in [0.1, 0.15) is 17.3 Å². The number of nitrogens with zero attached hydrogens (tertiary/aromatic N) is 3. The first-order valence-electron chi connectivity index (χ1n) is 11.1. The van der Waals surface area contributed by atoms with Gasteiger partial charge < -0.3 is 10.1 Å². The number of hydrogen-bond acceptors (Lipinski definition) is 8. The fourth-order valence-electron chi connectivity index (χ4n) is 3.72. The van der Waals surface area contributed by atoms with Crippen LogP contribution in [0.15, 0.2) is 53.6 Å². The molecule has 0 atom stereocenters. The molecule has 4 rings (SSSR count). The Bertz CT molecular complexity index is 1600. The molecule has 13 heteroatoms. The number of halogens is 3. The summed E-state index contributed by atoms with van der Waals surface area (Å²) in [5.74, 6) is -4.43. The van der Waals surface area contributed by atoms with Crippen molar-refractivity contribution in [3.63, 3.8) is 0 Å². The lowest BCUT2D eigenvalue weighted by Crippen LogP contribution is -2.29. The average Bonchev–Trinajstić information content (AvgIpc) is 3.09. The number of benzene rings is 2. The fraction of sp³-hybridized carbons (Fsp3) is 0.200. The summed E-state index contributed by atoms with van der Waals surface area (Å²) in [5, 5.41) is 11.6. The summed E-state index contributed by atoms with van der Waals surface area (Å²) >= 11 is 0. The van der Waals surface area contributed by atoms with Crippen LogP contribution in [-0.4, -0.2) is 36.3 Å². The van der Waals surface area contributed by atoms with Gasteiger partial charge in [0.05, 0.1) is 23.8 Å². The molecule has 0 fully saturated rings. The standard InChI is InChI=1S/C25H20F3N5O4S/c1-25(2)23(34)19(21(37-25)18-10-13-31-24(32-18)30-12-5-11-29)14-6-3-9-17(20(14)28)33-38(35,36)22-15(26)7-4-8-16(22)27/h3-4,6-10,13,33H,5,12H2,1-2H3,(H,30,31,32). The third kappa shape index (κ3) is 5.03. The molecule has 3 aromatic rings. The Morgan fingerprint density at radius 1 is 1.08 bits per heavy atom. The molecular formula is C25H20F3N5O4S. The highest BCUT2D eigenvalue weighted by Crippen LogP contribution is 2.42. The minimum Gasteiger partial charge on any atom is -0.477 e. The van der Waals surface area contributed by atoms with Crippen molar-refractivity contribution >= 4 is 38.8 Å². The van der Waals surface area contributed by atoms with E-state index in [4.69, 9.17) is 10.00 Å². The van der Waals surface area contributed by atoms with Gasteiger partial charge in [-0.3, -0.25) is 9.52 Å². The normalized spacial score (nSPS) is 14.7. The molecular weight excluding hydrogens is 523 g/mol. The quantitative estimate of drug-likeness (QED) is 0.403. The lowest BCUT2D eigenvalue weighted by Gasteiger charge is -2.17. The van der Waals surface area contributed by atoms with Gasteiger partial charge >= 0.3 is 0 Å². The van der Waals surface area contributed by atoms with Crippen LogP contribution in [0.1, 0.15) is 31.5 Å². The molecule has 0 saturated heterocycles. The molecule has 1 aliphatic heterocycles. The van der Waals surface area contributed by atoms with Crippen molar-refractivity contribution in [2.24, 2.45) is 0 Å². The molecule has 0 spiro atoms. The number of ketones is 1. The number of sulfonamides is 1. The Hall–Kier alpha value is -4.44. The summed E-state index contributed by atoms with van der Waals surface area (Å²) in [6.07, 6.45) is 1.57. The molecule has 0 amide bonds. The van der Waals surface area contributed by atoms with E-state index in [9.17, 15) is 22.0 Å². The smallest absolute Gasteiger partial charge is 0.267 e. The van der Waals surface area contributed by atoms with E-state index in [-0.39, 0.29) is 41.5 Å². The van der Waals surface area contributed by atoms with Crippen molar-refractivity contribution in [1.82, 2.24) is 9.97 Å². The van der Waals surface area contributed by atoms with Crippen LogP contribution in [0.4, 0.5) is 24.8 Å². The van der Waals surface area contributed by atoms with Crippen LogP contribution in [0.2, 0.25) is 0 Å². The number of rotatable bonds is 8. The van der Waals surface area contributed by atoms with Crippen LogP contribution in [0.5, 0.6) is 0 Å². The zero-order chi connectivity index (χ0) is 27.7. The number of Topliss-reactive ketones (excluding diaryl/α,β-unsaturated/α-hetero) is 1. The highest BCUT2D eigenvalue weighted by atomic mass is 32.2. The number of nitriles is 1. The second kappa shape index (κ2) is 10.1. The monoisotopic (exact) mass is 543 g/mol. The summed E-state index contributed by atoms with van der Waals surface area (Å²) < 4.78 is 77.1. The zero-order valence-corrected chi connectivity index (χ0v) is 20.9. The number of carbonyl (C=O) groups is 1. The topological polar surface area (TPSA) is 134 Å². The number of anilines is 2. The summed E-state index contributed by atoms with van der Waals surface area (Å²) in [7, 11) is -4.88. The molecule has 1 aliphatic rings. The van der Waals surface area contributed by atoms with Gasteiger partial charge in [-0.05, 0) is 38.1 Å². The molecule has 0 saturated carbocycles. The predicted octanol–water partition coefficient (Wildman–Crippen LogP) is 4.27. The number of nitrogens with one attached hydrogen (secondary N) is 2. The number of ether oxygens (including phenoxy) is 1. The maximum absolute atomic E-state index is 15.7. The summed E-state index contributed by atoms with van der Waals surface area (Å²) in [4.78, 5) is 20.3. The maximum Gasteiger partial charge on any atom is 0.267 e. The molecule has 38 heavy (non-hydrogen) atoms. The van der Waals surface area contributed by atoms with Gasteiger partial charge in [-0.1, -0.05) is 18.2 Å². The van der Waals surface area contributed by atoms with Crippen LogP contribution >= 0.6 is 0 Å². The second-order valence-electron chi connectivity index (χ2n) is 8.57. The van der Waals surface area contributed by atoms with Gasteiger partial charge in [-0.25, -0.2) is 31.6 Å². The summed E-state index contributed by atoms with van der Waals surface area (Å²) in [6.45, 7) is 3.21. The fourth-order valence-corrected chi connectivity index (χ4v) is 4.92. The highest BCUT2D eigenvalue weighted by molar-refractivity contribution is 7.92. The number of carbonyl (C=O) groups excluding carboxylic acids is 1. The van der Waals surface area contributed by atoms with Gasteiger partial charge in [0.15, 0.2) is 22.1 Å². The molecule has 2 heterocycles. The second-order valence-corrected chi connectivity index (χ2v) is 10.2. The predicted molar refractivity (Wildman–Crippen MR) is 131 cm³/mol. The third-order valence-corrected chi connectivity index (χ3v) is 6.88. The van der Waals surface area contributed by atoms with Crippen molar-refractivity contribution in [3.05, 3.63) is 77.4 Å². The average molecular weight is 544 g/mol. The number of hydrogen-bond donors (Lipinski definition) is 2. The molecule has 1 aromatic heterocycles. The van der Waals surface area contributed by atoms with Crippen LogP contribution in [0.3, 0.4) is 0 Å². The van der Waals surface area contributed by atoms with Crippen LogP contribution in [0, 0.1) is 28.8 Å². The van der Waals surface area contributed by atoms with Crippen LogP contribution in [0.25, 0.3) is 11.3 Å². The van der Waals surface area contributed by atoms with Crippen LogP contribution in [-0.2, 0) is 19.6 Å². The number of aromatic nitrogens is 2. The van der Waals surface area contributed by atoms with Gasteiger partial charge in [-0.15, -0.1) is 0 Å². The van der Waals surface area contributed by atoms with Crippen molar-refractivity contribution in [1.29, 1.82) is 5.26 Å². The SMILES string of the molecule is CC1(C)OC(c2ccnc(NCCC#N)n2)=C(c2cccc(NS(=O)(=O)c3c(F)cccc3F)c2F)C1=O. The van der Waals surface area contributed by atoms with E-state index in [0.717, 1.165) is 24.3 Å². The summed E-state index contributed by atoms with van der Waals surface area (Å²) in [5.41, 5.74) is -2.46. The van der Waals surface area contributed by atoms with E-state index in [1.54, 1.807) is 0 Å². The van der Waals surface area contributed by atoms with E-state index in [1.165, 1.54) is 38.2 Å². The van der Waals surface area contributed by atoms with E-state index >= 15 is 4.39 Å². The van der Waals surface area contributed by atoms with E-state index in [2.05, 4.69) is 15.3 Å². The van der Waals surface area contributed by atoms with Crippen molar-refractivity contribution in [2.45, 2.75) is 30.8 Å². The minimum absolute atomic E-state index is 0.0789. The Kier molecular flexibility index (Phi) is 7.10. The first-order chi connectivity index (χ1) is 18.0. The first-order valence-corrected chi connectivity index (χ1v) is 12.6. The Balaban J connectivity index is 1.80. The Morgan fingerprint density at radius 2 is 1.76 bits per heavy atom. The molecule has 0 aliphatic carbocycles. The van der Waals surface area contributed by atoms with Crippen molar-refractivity contribution < 1.29 is 31.1 Å². The minimum atomic E-state index is -4.88. The molecule has 0 bridgehead atoms. The largest absolute Gasteiger partial charge is 0.477 e. The van der Waals surface area contributed by atoms with Crippen LogP contribution < -0.4 is 10.0 Å². The molecule has 2 aromatic carbocycles. The lowest BCUT2D eigenvalue weighted by molar-refractivity contribution is -0.125. The van der Waals surface area contributed by atoms with Gasteiger partial charge in [0.2, 0.25) is 11.7 Å². The molecule has 2 N–H and O–H groups in total. The van der Waals surface area contributed by atoms with E-state index in [0.29, 0.717) is 0 Å². The van der Waals surface area contributed by atoms with Gasteiger partial charge in [0, 0.05) is 18.3 Å². The van der Waals surface area contributed by atoms with Gasteiger partial charge in [-0.2, -0.15) is 5.26 Å². The Morgan fingerprint density at radius 3 is 2.45 bits per heavy atom. The Labute approximate surface area is 216 Å². The first kappa shape index (κ1) is 26.6.